The standard InChI is InChI=1S/C14H20N2O4S/c1-9-8-16(13(17)20-14(2,3)4)12-7-10(21(15,18)19)5-6-11(9)12/h5-7,9H,8H2,1-4H3,(H2,15,18,19). The number of nitrogens with two attached hydrogens (primary N) is 1. The Morgan fingerprint density at radius 3 is 2.52 bits per heavy atom. The first-order valence-corrected chi connectivity index (χ1v) is 8.21. The number of nitrogens with zero attached hydrogens (tertiary/aromatic N) is 1. The molecule has 116 valence electrons. The van der Waals surface area contributed by atoms with Crippen molar-refractivity contribution < 1.29 is 17.9 Å². The summed E-state index contributed by atoms with van der Waals surface area (Å²) in [5, 5.41) is 5.15. The SMILES string of the molecule is CC1CN(C(=O)OC(C)(C)C)c2cc(S(N)(=O)=O)ccc21. The van der Waals surface area contributed by atoms with E-state index in [2.05, 4.69) is 0 Å². The zero-order valence-electron chi connectivity index (χ0n) is 12.6. The van der Waals surface area contributed by atoms with Crippen LogP contribution in [0.5, 0.6) is 0 Å². The molecule has 0 spiro atoms. The van der Waals surface area contributed by atoms with E-state index in [9.17, 15) is 13.2 Å². The Morgan fingerprint density at radius 1 is 1.38 bits per heavy atom. The number of anilines is 1. The van der Waals surface area contributed by atoms with Gasteiger partial charge in [-0.05, 0) is 38.5 Å². The van der Waals surface area contributed by atoms with E-state index in [1.54, 1.807) is 26.8 Å². The van der Waals surface area contributed by atoms with Crippen LogP contribution in [-0.2, 0) is 14.8 Å². The van der Waals surface area contributed by atoms with Gasteiger partial charge in [-0.25, -0.2) is 18.4 Å². The topological polar surface area (TPSA) is 89.7 Å². The van der Waals surface area contributed by atoms with E-state index < -0.39 is 21.7 Å². The van der Waals surface area contributed by atoms with Crippen molar-refractivity contribution in [3.05, 3.63) is 23.8 Å². The first-order valence-electron chi connectivity index (χ1n) is 6.66. The third-order valence-electron chi connectivity index (χ3n) is 3.22. The Bertz CT molecular complexity index is 677. The summed E-state index contributed by atoms with van der Waals surface area (Å²) < 4.78 is 28.3. The monoisotopic (exact) mass is 312 g/mol. The van der Waals surface area contributed by atoms with Crippen LogP contribution in [0.1, 0.15) is 39.2 Å². The number of rotatable bonds is 1. The highest BCUT2D eigenvalue weighted by Crippen LogP contribution is 2.38. The highest BCUT2D eigenvalue weighted by atomic mass is 32.2. The second-order valence-electron chi connectivity index (χ2n) is 6.26. The summed E-state index contributed by atoms with van der Waals surface area (Å²) in [7, 11) is -3.80. The van der Waals surface area contributed by atoms with Crippen molar-refractivity contribution in [3.8, 4) is 0 Å². The van der Waals surface area contributed by atoms with Crippen molar-refractivity contribution in [1.82, 2.24) is 0 Å². The maximum absolute atomic E-state index is 12.3. The lowest BCUT2D eigenvalue weighted by atomic mass is 10.0. The quantitative estimate of drug-likeness (QED) is 0.860. The highest BCUT2D eigenvalue weighted by molar-refractivity contribution is 7.89. The molecule has 0 saturated heterocycles. The van der Waals surface area contributed by atoms with Crippen molar-refractivity contribution in [2.45, 2.75) is 44.1 Å². The molecule has 7 heteroatoms. The van der Waals surface area contributed by atoms with Crippen LogP contribution in [0.2, 0.25) is 0 Å². The van der Waals surface area contributed by atoms with Crippen LogP contribution in [0.15, 0.2) is 23.1 Å². The van der Waals surface area contributed by atoms with E-state index in [1.165, 1.54) is 17.0 Å². The molecule has 1 aliphatic rings. The van der Waals surface area contributed by atoms with E-state index >= 15 is 0 Å². The first kappa shape index (κ1) is 15.8. The summed E-state index contributed by atoms with van der Waals surface area (Å²) in [6, 6.07) is 4.59. The number of benzene rings is 1. The van der Waals surface area contributed by atoms with Gasteiger partial charge in [0, 0.05) is 12.5 Å². The molecule has 0 aromatic heterocycles. The molecule has 2 N–H and O–H groups in total. The number of carbonyl (C=O) groups is 1. The number of carbonyl (C=O) groups excluding carboxylic acids is 1. The number of ether oxygens (including phenoxy) is 1. The number of hydrogen-bond donors (Lipinski definition) is 1. The summed E-state index contributed by atoms with van der Waals surface area (Å²) in [4.78, 5) is 13.7. The van der Waals surface area contributed by atoms with E-state index in [0.29, 0.717) is 12.2 Å². The summed E-state index contributed by atoms with van der Waals surface area (Å²) in [6.45, 7) is 7.78. The number of hydrogen-bond acceptors (Lipinski definition) is 4. The van der Waals surface area contributed by atoms with E-state index in [4.69, 9.17) is 9.88 Å². The molecule has 1 unspecified atom stereocenters. The Morgan fingerprint density at radius 2 is 2.00 bits per heavy atom. The van der Waals surface area contributed by atoms with Gasteiger partial charge in [0.15, 0.2) is 0 Å². The number of sulfonamides is 1. The molecular formula is C14H20N2O4S. The molecule has 21 heavy (non-hydrogen) atoms. The van der Waals surface area contributed by atoms with Gasteiger partial charge in [-0.15, -0.1) is 0 Å². The molecule has 2 rings (SSSR count). The molecule has 6 nitrogen and oxygen atoms in total. The minimum absolute atomic E-state index is 0.0103. The first-order chi connectivity index (χ1) is 9.49. The molecule has 1 aliphatic heterocycles. The average Bonchev–Trinajstić information content (AvgIpc) is 2.63. The van der Waals surface area contributed by atoms with Crippen molar-refractivity contribution in [2.24, 2.45) is 5.14 Å². The predicted molar refractivity (Wildman–Crippen MR) is 79.8 cm³/mol. The molecule has 0 radical (unpaired) electrons. The van der Waals surface area contributed by atoms with Gasteiger partial charge < -0.3 is 4.74 Å². The molecular weight excluding hydrogens is 292 g/mol. The van der Waals surface area contributed by atoms with Crippen molar-refractivity contribution in [1.29, 1.82) is 0 Å². The van der Waals surface area contributed by atoms with Crippen LogP contribution in [0.25, 0.3) is 0 Å². The zero-order valence-corrected chi connectivity index (χ0v) is 13.4. The fourth-order valence-corrected chi connectivity index (χ4v) is 2.85. The van der Waals surface area contributed by atoms with Gasteiger partial charge in [0.05, 0.1) is 10.6 Å². The lowest BCUT2D eigenvalue weighted by molar-refractivity contribution is 0.0582. The second-order valence-corrected chi connectivity index (χ2v) is 7.82. The maximum atomic E-state index is 12.3. The average molecular weight is 312 g/mol. The highest BCUT2D eigenvalue weighted by Gasteiger charge is 2.33. The van der Waals surface area contributed by atoms with Gasteiger partial charge in [-0.1, -0.05) is 13.0 Å². The van der Waals surface area contributed by atoms with Gasteiger partial charge in [-0.2, -0.15) is 0 Å². The van der Waals surface area contributed by atoms with Gasteiger partial charge in [0.25, 0.3) is 0 Å². The molecule has 1 atom stereocenters. The third-order valence-corrected chi connectivity index (χ3v) is 4.13. The molecule has 0 saturated carbocycles. The number of fused-ring (bicyclic) bond motifs is 1. The normalized spacial score (nSPS) is 18.5. The van der Waals surface area contributed by atoms with Crippen LogP contribution in [-0.4, -0.2) is 26.7 Å². The maximum Gasteiger partial charge on any atom is 0.414 e. The molecule has 1 heterocycles. The van der Waals surface area contributed by atoms with E-state index in [0.717, 1.165) is 5.56 Å². The molecule has 1 aromatic carbocycles. The Balaban J connectivity index is 2.41. The zero-order chi connectivity index (χ0) is 16.0. The minimum Gasteiger partial charge on any atom is -0.443 e. The molecule has 0 aliphatic carbocycles. The Kier molecular flexibility index (Phi) is 3.75. The van der Waals surface area contributed by atoms with E-state index in [1.807, 2.05) is 6.92 Å². The van der Waals surface area contributed by atoms with Crippen LogP contribution < -0.4 is 10.0 Å². The van der Waals surface area contributed by atoms with Crippen molar-refractivity contribution in [2.75, 3.05) is 11.4 Å². The van der Waals surface area contributed by atoms with Crippen LogP contribution in [0, 0.1) is 0 Å². The molecule has 0 fully saturated rings. The van der Waals surface area contributed by atoms with Gasteiger partial charge in [-0.3, -0.25) is 4.90 Å². The van der Waals surface area contributed by atoms with Gasteiger partial charge >= 0.3 is 6.09 Å². The summed E-state index contributed by atoms with van der Waals surface area (Å²) in [5.41, 5.74) is 0.845. The fraction of sp³-hybridized carbons (Fsp3) is 0.500. The Hall–Kier alpha value is -1.60. The van der Waals surface area contributed by atoms with Gasteiger partial charge in [0.2, 0.25) is 10.0 Å². The smallest absolute Gasteiger partial charge is 0.414 e. The Labute approximate surface area is 124 Å². The lowest BCUT2D eigenvalue weighted by Gasteiger charge is -2.25. The molecule has 1 amide bonds. The van der Waals surface area contributed by atoms with Crippen LogP contribution in [0.3, 0.4) is 0 Å². The summed E-state index contributed by atoms with van der Waals surface area (Å²) in [5.74, 6) is 0.113. The third kappa shape index (κ3) is 3.36. The van der Waals surface area contributed by atoms with Crippen LogP contribution >= 0.6 is 0 Å². The summed E-state index contributed by atoms with van der Waals surface area (Å²) >= 11 is 0. The minimum atomic E-state index is -3.80. The predicted octanol–water partition coefficient (Wildman–Crippen LogP) is 2.19. The number of amides is 1. The molecule has 1 aromatic rings. The number of primary sulfonamides is 1. The summed E-state index contributed by atoms with van der Waals surface area (Å²) in [6.07, 6.45) is -0.486. The fourth-order valence-electron chi connectivity index (χ4n) is 2.31. The van der Waals surface area contributed by atoms with Crippen molar-refractivity contribution >= 4 is 21.8 Å². The van der Waals surface area contributed by atoms with Crippen molar-refractivity contribution in [3.63, 3.8) is 0 Å². The largest absolute Gasteiger partial charge is 0.443 e. The second kappa shape index (κ2) is 4.99. The van der Waals surface area contributed by atoms with Gasteiger partial charge in [0.1, 0.15) is 5.60 Å². The lowest BCUT2D eigenvalue weighted by Crippen LogP contribution is -2.36. The molecule has 0 bridgehead atoms. The van der Waals surface area contributed by atoms with Crippen LogP contribution in [0.4, 0.5) is 10.5 Å². The van der Waals surface area contributed by atoms with E-state index in [-0.39, 0.29) is 10.8 Å².